The Labute approximate surface area is 454 Å². The lowest BCUT2D eigenvalue weighted by atomic mass is 10.0. The van der Waals surface area contributed by atoms with Crippen molar-refractivity contribution in [1.82, 2.24) is 5.32 Å². The second-order valence-electron chi connectivity index (χ2n) is 21.7. The fourth-order valence-electron chi connectivity index (χ4n) is 9.58. The molecule has 2 atom stereocenters. The highest BCUT2D eigenvalue weighted by atomic mass is 16.5. The highest BCUT2D eigenvalue weighted by Crippen LogP contribution is 2.16. The first-order chi connectivity index (χ1) is 36.0. The van der Waals surface area contributed by atoms with Crippen molar-refractivity contribution in [2.45, 2.75) is 341 Å². The lowest BCUT2D eigenvalue weighted by Gasteiger charge is -2.20. The highest BCUT2D eigenvalue weighted by Gasteiger charge is 2.18. The molecule has 73 heavy (non-hydrogen) atoms. The van der Waals surface area contributed by atoms with Crippen LogP contribution in [0, 0.1) is 0 Å². The number of unbranched alkanes of at least 4 members (excludes halogenated alkanes) is 40. The van der Waals surface area contributed by atoms with E-state index in [1.807, 2.05) is 6.08 Å². The molecule has 0 aliphatic carbocycles. The van der Waals surface area contributed by atoms with Crippen LogP contribution in [0.4, 0.5) is 0 Å². The quantitative estimate of drug-likeness (QED) is 0.0320. The predicted molar refractivity (Wildman–Crippen MR) is 319 cm³/mol. The van der Waals surface area contributed by atoms with Crippen molar-refractivity contribution in [3.05, 3.63) is 60.8 Å². The van der Waals surface area contributed by atoms with Crippen LogP contribution >= 0.6 is 0 Å². The van der Waals surface area contributed by atoms with Crippen molar-refractivity contribution in [3.63, 3.8) is 0 Å². The molecule has 3 N–H and O–H groups in total. The molecule has 0 radical (unpaired) electrons. The largest absolute Gasteiger partial charge is 0.466 e. The number of nitrogens with one attached hydrogen (secondary N) is 1. The van der Waals surface area contributed by atoms with Gasteiger partial charge in [0.05, 0.1) is 25.4 Å². The summed E-state index contributed by atoms with van der Waals surface area (Å²) in [4.78, 5) is 24.5. The summed E-state index contributed by atoms with van der Waals surface area (Å²) in [5.74, 6) is -0.0702. The number of carbonyl (C=O) groups is 2. The van der Waals surface area contributed by atoms with Crippen LogP contribution in [0.1, 0.15) is 328 Å². The van der Waals surface area contributed by atoms with E-state index in [1.165, 1.54) is 244 Å². The molecule has 426 valence electrons. The summed E-state index contributed by atoms with van der Waals surface area (Å²) in [5.41, 5.74) is 0. The van der Waals surface area contributed by atoms with Gasteiger partial charge in [0.2, 0.25) is 5.91 Å². The first-order valence-electron chi connectivity index (χ1n) is 32.1. The van der Waals surface area contributed by atoms with Gasteiger partial charge < -0.3 is 20.3 Å². The molecule has 0 aromatic rings. The number of hydrogen-bond acceptors (Lipinski definition) is 5. The van der Waals surface area contributed by atoms with Gasteiger partial charge >= 0.3 is 5.97 Å². The highest BCUT2D eigenvalue weighted by molar-refractivity contribution is 5.76. The second kappa shape index (κ2) is 62.1. The average Bonchev–Trinajstić information content (AvgIpc) is 3.39. The first-order valence-corrected chi connectivity index (χ1v) is 32.1. The maximum absolute atomic E-state index is 12.4. The van der Waals surface area contributed by atoms with Crippen LogP contribution in [0.15, 0.2) is 60.8 Å². The first kappa shape index (κ1) is 70.6. The summed E-state index contributed by atoms with van der Waals surface area (Å²) in [6.45, 7) is 4.87. The predicted octanol–water partition coefficient (Wildman–Crippen LogP) is 20.3. The van der Waals surface area contributed by atoms with E-state index in [0.717, 1.165) is 57.8 Å². The monoisotopic (exact) mass is 1020 g/mol. The summed E-state index contributed by atoms with van der Waals surface area (Å²) in [6, 6.07) is -0.630. The standard InChI is InChI=1S/C67H123NO5/c1-3-5-7-9-11-13-15-17-18-30-34-37-41-45-49-53-57-61-67(72)73-62-58-54-50-46-42-38-35-32-29-27-25-23-21-19-20-22-24-26-28-31-33-36-40-44-48-52-56-60-66(71)68-64(63-69)65(70)59-55-51-47-43-39-16-14-12-10-8-6-4-2/h11,13,17-20,23,25,55,59,64-65,69-70H,3-10,12,14-16,21-22,24,26-54,56-58,60-63H2,1-2H3,(H,68,71)/b13-11-,18-17-,20-19-,25-23-,59-55+. The van der Waals surface area contributed by atoms with E-state index < -0.39 is 12.1 Å². The van der Waals surface area contributed by atoms with Gasteiger partial charge in [-0.2, -0.15) is 0 Å². The minimum absolute atomic E-state index is 0.00193. The van der Waals surface area contributed by atoms with Crippen LogP contribution in [0.3, 0.4) is 0 Å². The van der Waals surface area contributed by atoms with E-state index in [0.29, 0.717) is 19.4 Å². The van der Waals surface area contributed by atoms with Crippen LogP contribution in [0.25, 0.3) is 0 Å². The summed E-state index contributed by atoms with van der Waals surface area (Å²) in [6.07, 6.45) is 81.3. The smallest absolute Gasteiger partial charge is 0.305 e. The molecule has 2 unspecified atom stereocenters. The average molecular weight is 1020 g/mol. The van der Waals surface area contributed by atoms with Crippen LogP contribution in [0.5, 0.6) is 0 Å². The number of rotatable bonds is 59. The topological polar surface area (TPSA) is 95.9 Å². The van der Waals surface area contributed by atoms with Gasteiger partial charge in [-0.25, -0.2) is 0 Å². The van der Waals surface area contributed by atoms with Crippen molar-refractivity contribution in [1.29, 1.82) is 0 Å². The summed E-state index contributed by atoms with van der Waals surface area (Å²) in [5, 5.41) is 23.1. The number of esters is 1. The number of aliphatic hydroxyl groups is 2. The second-order valence-corrected chi connectivity index (χ2v) is 21.7. The lowest BCUT2D eigenvalue weighted by Crippen LogP contribution is -2.45. The molecule has 0 fully saturated rings. The number of amides is 1. The maximum Gasteiger partial charge on any atom is 0.305 e. The van der Waals surface area contributed by atoms with Crippen LogP contribution in [-0.2, 0) is 14.3 Å². The van der Waals surface area contributed by atoms with Crippen LogP contribution < -0.4 is 5.32 Å². The van der Waals surface area contributed by atoms with Gasteiger partial charge in [0, 0.05) is 12.8 Å². The van der Waals surface area contributed by atoms with Crippen molar-refractivity contribution >= 4 is 11.9 Å². The molecule has 0 aromatic heterocycles. The zero-order valence-corrected chi connectivity index (χ0v) is 48.6. The van der Waals surface area contributed by atoms with Crippen molar-refractivity contribution in [3.8, 4) is 0 Å². The molecule has 6 nitrogen and oxygen atoms in total. The fraction of sp³-hybridized carbons (Fsp3) is 0.821. The van der Waals surface area contributed by atoms with E-state index in [2.05, 4.69) is 67.8 Å². The number of hydrogen-bond donors (Lipinski definition) is 3. The molecule has 0 bridgehead atoms. The molecule has 6 heteroatoms. The van der Waals surface area contributed by atoms with Gasteiger partial charge in [-0.05, 0) is 96.3 Å². The van der Waals surface area contributed by atoms with Gasteiger partial charge in [-0.15, -0.1) is 0 Å². The summed E-state index contributed by atoms with van der Waals surface area (Å²) < 4.78 is 5.49. The fourth-order valence-corrected chi connectivity index (χ4v) is 9.58. The molecule has 1 amide bonds. The maximum atomic E-state index is 12.4. The SMILES string of the molecule is CCCCC/C=C\C/C=C\CCCCCCCCCC(=O)OCCCCCCCCCCC/C=C\C/C=C\CCCCCCCCCCCCCC(=O)NC(CO)C(O)/C=C/CCCCCCCCCCCC. The molecular formula is C67H123NO5. The number of ether oxygens (including phenoxy) is 1. The van der Waals surface area contributed by atoms with Gasteiger partial charge in [0.1, 0.15) is 0 Å². The van der Waals surface area contributed by atoms with Crippen molar-refractivity contribution in [2.75, 3.05) is 13.2 Å². The van der Waals surface area contributed by atoms with Crippen LogP contribution in [0.2, 0.25) is 0 Å². The Morgan fingerprint density at radius 2 is 0.685 bits per heavy atom. The van der Waals surface area contributed by atoms with Gasteiger partial charge in [0.15, 0.2) is 0 Å². The number of allylic oxidation sites excluding steroid dienone is 9. The van der Waals surface area contributed by atoms with E-state index >= 15 is 0 Å². The van der Waals surface area contributed by atoms with E-state index in [1.54, 1.807) is 6.08 Å². The minimum Gasteiger partial charge on any atom is -0.466 e. The Morgan fingerprint density at radius 1 is 0.384 bits per heavy atom. The summed E-state index contributed by atoms with van der Waals surface area (Å²) in [7, 11) is 0. The molecule has 0 saturated carbocycles. The van der Waals surface area contributed by atoms with Crippen molar-refractivity contribution in [2.24, 2.45) is 0 Å². The van der Waals surface area contributed by atoms with E-state index in [4.69, 9.17) is 4.74 Å². The molecule has 0 rings (SSSR count). The third-order valence-corrected chi connectivity index (χ3v) is 14.5. The Morgan fingerprint density at radius 3 is 1.07 bits per heavy atom. The summed E-state index contributed by atoms with van der Waals surface area (Å²) >= 11 is 0. The normalized spacial score (nSPS) is 13.0. The van der Waals surface area contributed by atoms with E-state index in [9.17, 15) is 19.8 Å². The Bertz CT molecular complexity index is 1270. The zero-order chi connectivity index (χ0) is 52.9. The minimum atomic E-state index is -0.846. The van der Waals surface area contributed by atoms with Gasteiger partial charge in [-0.3, -0.25) is 9.59 Å². The van der Waals surface area contributed by atoms with Crippen molar-refractivity contribution < 1.29 is 24.5 Å². The Balaban J connectivity index is 3.43. The molecule has 0 heterocycles. The molecule has 0 aliphatic rings. The number of aliphatic hydroxyl groups excluding tert-OH is 2. The third-order valence-electron chi connectivity index (χ3n) is 14.5. The Hall–Kier alpha value is -2.44. The molecule has 0 aromatic carbocycles. The zero-order valence-electron chi connectivity index (χ0n) is 48.6. The van der Waals surface area contributed by atoms with Gasteiger partial charge in [0.25, 0.3) is 0 Å². The van der Waals surface area contributed by atoms with Crippen LogP contribution in [-0.4, -0.2) is 47.4 Å². The van der Waals surface area contributed by atoms with Gasteiger partial charge in [-0.1, -0.05) is 280 Å². The lowest BCUT2D eigenvalue weighted by molar-refractivity contribution is -0.143. The van der Waals surface area contributed by atoms with E-state index in [-0.39, 0.29) is 18.5 Å². The molecule has 0 saturated heterocycles. The molecule has 0 aliphatic heterocycles. The number of carbonyl (C=O) groups excluding carboxylic acids is 2. The molecule has 0 spiro atoms. The Kier molecular flexibility index (Phi) is 60.0. The third kappa shape index (κ3) is 58.7. The molecular weight excluding hydrogens is 899 g/mol.